The molecule has 0 radical (unpaired) electrons. The van der Waals surface area contributed by atoms with E-state index in [1.807, 2.05) is 6.92 Å². The van der Waals surface area contributed by atoms with Crippen LogP contribution in [0, 0.1) is 0 Å². The van der Waals surface area contributed by atoms with Crippen LogP contribution < -0.4 is 0 Å². The van der Waals surface area contributed by atoms with Gasteiger partial charge in [-0.1, -0.05) is 12.1 Å². The Hall–Kier alpha value is -3.03. The number of hydrogen-bond donors (Lipinski definition) is 0. The van der Waals surface area contributed by atoms with Crippen LogP contribution in [-0.2, 0) is 15.9 Å². The van der Waals surface area contributed by atoms with Gasteiger partial charge in [-0.3, -0.25) is 4.79 Å². The maximum atomic E-state index is 11.8. The fourth-order valence-corrected chi connectivity index (χ4v) is 2.15. The molecule has 0 aliphatic carbocycles. The first-order valence-corrected chi connectivity index (χ1v) is 6.77. The van der Waals surface area contributed by atoms with E-state index < -0.39 is 11.9 Å². The van der Waals surface area contributed by atoms with E-state index in [9.17, 15) is 14.4 Å². The zero-order chi connectivity index (χ0) is 17.0. The van der Waals surface area contributed by atoms with Crippen LogP contribution in [0.25, 0.3) is 5.69 Å². The lowest BCUT2D eigenvalue weighted by molar-refractivity contribution is 0.0599. The predicted molar refractivity (Wildman–Crippen MR) is 78.8 cm³/mol. The number of methoxy groups -OCH3 is 2. The van der Waals surface area contributed by atoms with Crippen LogP contribution in [-0.4, -0.2) is 47.4 Å². The molecule has 1 aromatic heterocycles. The molecule has 0 fully saturated rings. The fraction of sp³-hybridized carbons (Fsp3) is 0.267. The van der Waals surface area contributed by atoms with E-state index in [0.717, 1.165) is 0 Å². The molecular formula is C15H15N3O5. The Kier molecular flexibility index (Phi) is 4.85. The second-order valence-electron chi connectivity index (χ2n) is 4.56. The third kappa shape index (κ3) is 3.10. The van der Waals surface area contributed by atoms with Gasteiger partial charge in [0.05, 0.1) is 36.7 Å². The van der Waals surface area contributed by atoms with Gasteiger partial charge in [-0.15, -0.1) is 5.10 Å². The summed E-state index contributed by atoms with van der Waals surface area (Å²) in [5.74, 6) is -1.21. The van der Waals surface area contributed by atoms with Crippen LogP contribution in [0.1, 0.15) is 43.8 Å². The van der Waals surface area contributed by atoms with Gasteiger partial charge in [0.1, 0.15) is 5.69 Å². The average molecular weight is 317 g/mol. The first-order chi connectivity index (χ1) is 11.0. The van der Waals surface area contributed by atoms with Crippen molar-refractivity contribution in [3.63, 3.8) is 0 Å². The summed E-state index contributed by atoms with van der Waals surface area (Å²) in [6, 6.07) is 4.37. The Morgan fingerprint density at radius 3 is 2.13 bits per heavy atom. The molecule has 2 aromatic rings. The number of carbonyl (C=O) groups is 3. The molecular weight excluding hydrogens is 302 g/mol. The zero-order valence-corrected chi connectivity index (χ0v) is 12.9. The monoisotopic (exact) mass is 317 g/mol. The summed E-state index contributed by atoms with van der Waals surface area (Å²) in [7, 11) is 2.48. The van der Waals surface area contributed by atoms with Crippen LogP contribution >= 0.6 is 0 Å². The molecule has 1 aromatic carbocycles. The van der Waals surface area contributed by atoms with Crippen molar-refractivity contribution in [1.29, 1.82) is 0 Å². The SMILES string of the molecule is CCc1c(C=O)nnn1-c1cc(C(=O)OC)cc(C(=O)OC)c1. The average Bonchev–Trinajstić information content (AvgIpc) is 3.02. The summed E-state index contributed by atoms with van der Waals surface area (Å²) < 4.78 is 10.8. The van der Waals surface area contributed by atoms with Gasteiger partial charge in [-0.25, -0.2) is 14.3 Å². The standard InChI is InChI=1S/C15H15N3O5/c1-4-13-12(8-19)16-17-18(13)11-6-9(14(20)22-2)5-10(7-11)15(21)23-3/h5-8H,4H2,1-3H3. The third-order valence-electron chi connectivity index (χ3n) is 3.24. The second-order valence-corrected chi connectivity index (χ2v) is 4.56. The normalized spacial score (nSPS) is 10.2. The molecule has 0 N–H and O–H groups in total. The molecule has 0 bridgehead atoms. The van der Waals surface area contributed by atoms with Crippen LogP contribution in [0.15, 0.2) is 18.2 Å². The smallest absolute Gasteiger partial charge is 0.337 e. The van der Waals surface area contributed by atoms with Crippen LogP contribution in [0.2, 0.25) is 0 Å². The summed E-state index contributed by atoms with van der Waals surface area (Å²) in [6.07, 6.45) is 1.10. The van der Waals surface area contributed by atoms with Gasteiger partial charge in [0.2, 0.25) is 0 Å². The summed E-state index contributed by atoms with van der Waals surface area (Å²) in [5.41, 5.74) is 1.50. The van der Waals surface area contributed by atoms with Crippen molar-refractivity contribution in [3.8, 4) is 5.69 Å². The molecule has 2 rings (SSSR count). The first kappa shape index (κ1) is 16.3. The molecule has 0 saturated carbocycles. The van der Waals surface area contributed by atoms with E-state index in [2.05, 4.69) is 19.8 Å². The molecule has 0 spiro atoms. The van der Waals surface area contributed by atoms with Gasteiger partial charge in [0.25, 0.3) is 0 Å². The maximum absolute atomic E-state index is 11.8. The molecule has 120 valence electrons. The molecule has 0 aliphatic heterocycles. The topological polar surface area (TPSA) is 100 Å². The van der Waals surface area contributed by atoms with E-state index in [4.69, 9.17) is 0 Å². The van der Waals surface area contributed by atoms with Crippen molar-refractivity contribution in [2.75, 3.05) is 14.2 Å². The molecule has 1 heterocycles. The Labute approximate surface area is 132 Å². The third-order valence-corrected chi connectivity index (χ3v) is 3.24. The minimum Gasteiger partial charge on any atom is -0.465 e. The van der Waals surface area contributed by atoms with E-state index in [1.54, 1.807) is 0 Å². The Morgan fingerprint density at radius 1 is 1.13 bits per heavy atom. The molecule has 0 saturated heterocycles. The van der Waals surface area contributed by atoms with Gasteiger partial charge in [-0.2, -0.15) is 0 Å². The number of ether oxygens (including phenoxy) is 2. The van der Waals surface area contributed by atoms with Crippen molar-refractivity contribution in [2.24, 2.45) is 0 Å². The number of aromatic nitrogens is 3. The maximum Gasteiger partial charge on any atom is 0.337 e. The Morgan fingerprint density at radius 2 is 1.70 bits per heavy atom. The molecule has 0 amide bonds. The highest BCUT2D eigenvalue weighted by molar-refractivity contribution is 5.96. The van der Waals surface area contributed by atoms with Gasteiger partial charge in [0, 0.05) is 0 Å². The summed E-state index contributed by atoms with van der Waals surface area (Å²) in [6.45, 7) is 1.84. The number of rotatable bonds is 5. The van der Waals surface area contributed by atoms with E-state index >= 15 is 0 Å². The van der Waals surface area contributed by atoms with Gasteiger partial charge >= 0.3 is 11.9 Å². The Bertz CT molecular complexity index is 732. The summed E-state index contributed by atoms with van der Waals surface area (Å²) in [4.78, 5) is 34.6. The molecule has 0 aliphatic rings. The van der Waals surface area contributed by atoms with Crippen molar-refractivity contribution < 1.29 is 23.9 Å². The minimum absolute atomic E-state index is 0.163. The zero-order valence-electron chi connectivity index (χ0n) is 12.9. The molecule has 8 nitrogen and oxygen atoms in total. The van der Waals surface area contributed by atoms with Crippen molar-refractivity contribution in [3.05, 3.63) is 40.7 Å². The predicted octanol–water partition coefficient (Wildman–Crippen LogP) is 1.22. The largest absolute Gasteiger partial charge is 0.465 e. The lowest BCUT2D eigenvalue weighted by atomic mass is 10.1. The number of hydrogen-bond acceptors (Lipinski definition) is 7. The lowest BCUT2D eigenvalue weighted by Crippen LogP contribution is -2.10. The molecule has 0 atom stereocenters. The number of aldehydes is 1. The van der Waals surface area contributed by atoms with Gasteiger partial charge in [0.15, 0.2) is 6.29 Å². The van der Waals surface area contributed by atoms with Crippen LogP contribution in [0.4, 0.5) is 0 Å². The molecule has 23 heavy (non-hydrogen) atoms. The number of carbonyl (C=O) groups excluding carboxylic acids is 3. The second kappa shape index (κ2) is 6.82. The van der Waals surface area contributed by atoms with Crippen molar-refractivity contribution in [2.45, 2.75) is 13.3 Å². The Balaban J connectivity index is 2.66. The lowest BCUT2D eigenvalue weighted by Gasteiger charge is -2.09. The van der Waals surface area contributed by atoms with Crippen molar-refractivity contribution in [1.82, 2.24) is 15.0 Å². The van der Waals surface area contributed by atoms with Gasteiger partial charge < -0.3 is 9.47 Å². The van der Waals surface area contributed by atoms with Gasteiger partial charge in [-0.05, 0) is 24.6 Å². The van der Waals surface area contributed by atoms with E-state index in [-0.39, 0.29) is 16.8 Å². The van der Waals surface area contributed by atoms with Crippen molar-refractivity contribution >= 4 is 18.2 Å². The molecule has 8 heteroatoms. The van der Waals surface area contributed by atoms with Crippen LogP contribution in [0.3, 0.4) is 0 Å². The highest BCUT2D eigenvalue weighted by Crippen LogP contribution is 2.18. The van der Waals surface area contributed by atoms with E-state index in [0.29, 0.717) is 24.1 Å². The quantitative estimate of drug-likeness (QED) is 0.603. The molecule has 0 unspecified atom stereocenters. The van der Waals surface area contributed by atoms with Crippen LogP contribution in [0.5, 0.6) is 0 Å². The number of nitrogens with zero attached hydrogens (tertiary/aromatic N) is 3. The summed E-state index contributed by atoms with van der Waals surface area (Å²) in [5, 5.41) is 7.70. The number of esters is 2. The highest BCUT2D eigenvalue weighted by atomic mass is 16.5. The number of benzene rings is 1. The van der Waals surface area contributed by atoms with E-state index in [1.165, 1.54) is 37.1 Å². The fourth-order valence-electron chi connectivity index (χ4n) is 2.15. The summed E-state index contributed by atoms with van der Waals surface area (Å²) >= 11 is 0. The minimum atomic E-state index is -0.606. The highest BCUT2D eigenvalue weighted by Gasteiger charge is 2.18. The first-order valence-electron chi connectivity index (χ1n) is 6.77.